The maximum atomic E-state index is 12.5. The number of hydrogen-bond acceptors (Lipinski definition) is 2. The van der Waals surface area contributed by atoms with Crippen LogP contribution in [0, 0.1) is 5.92 Å². The maximum Gasteiger partial charge on any atom is 0.326 e. The highest BCUT2D eigenvalue weighted by Crippen LogP contribution is 2.21. The molecule has 108 valence electrons. The van der Waals surface area contributed by atoms with E-state index in [1.54, 1.807) is 4.90 Å². The smallest absolute Gasteiger partial charge is 0.326 e. The molecule has 20 heavy (non-hydrogen) atoms. The molecule has 1 aromatic carbocycles. The molecule has 1 amide bonds. The zero-order valence-corrected chi connectivity index (χ0v) is 11.8. The van der Waals surface area contributed by atoms with Crippen LogP contribution in [0.4, 0.5) is 0 Å². The molecule has 1 aliphatic heterocycles. The zero-order valence-electron chi connectivity index (χ0n) is 11.8. The van der Waals surface area contributed by atoms with E-state index in [1.807, 2.05) is 37.3 Å². The van der Waals surface area contributed by atoms with Crippen LogP contribution in [0.25, 0.3) is 0 Å². The summed E-state index contributed by atoms with van der Waals surface area (Å²) < 4.78 is 0. The molecule has 0 radical (unpaired) electrons. The Morgan fingerprint density at radius 3 is 2.65 bits per heavy atom. The molecular weight excluding hydrogens is 254 g/mol. The molecule has 4 heteroatoms. The first-order chi connectivity index (χ1) is 9.59. The second-order valence-corrected chi connectivity index (χ2v) is 5.47. The van der Waals surface area contributed by atoms with E-state index < -0.39 is 12.0 Å². The number of nitrogens with zero attached hydrogens (tertiary/aromatic N) is 1. The molecule has 0 aliphatic carbocycles. The standard InChI is InChI=1S/C16H21NO3/c1-12(11-13-7-3-2-4-8-13)15(18)17-10-6-5-9-14(17)16(19)20/h2-4,7-8,12,14H,5-6,9-11H2,1H3,(H,19,20)/t12-,14+/m0/s1. The largest absolute Gasteiger partial charge is 0.480 e. The van der Waals surface area contributed by atoms with Gasteiger partial charge in [-0.05, 0) is 31.2 Å². The van der Waals surface area contributed by atoms with Crippen molar-refractivity contribution in [2.45, 2.75) is 38.6 Å². The van der Waals surface area contributed by atoms with Gasteiger partial charge in [0.25, 0.3) is 0 Å². The van der Waals surface area contributed by atoms with Gasteiger partial charge < -0.3 is 10.0 Å². The average Bonchev–Trinajstić information content (AvgIpc) is 2.47. The quantitative estimate of drug-likeness (QED) is 0.917. The molecular formula is C16H21NO3. The van der Waals surface area contributed by atoms with Gasteiger partial charge in [0.1, 0.15) is 6.04 Å². The summed E-state index contributed by atoms with van der Waals surface area (Å²) in [6.07, 6.45) is 3.00. The summed E-state index contributed by atoms with van der Waals surface area (Å²) in [5.74, 6) is -1.11. The van der Waals surface area contributed by atoms with Gasteiger partial charge >= 0.3 is 5.97 Å². The number of likely N-dealkylation sites (tertiary alicyclic amines) is 1. The van der Waals surface area contributed by atoms with Crippen LogP contribution >= 0.6 is 0 Å². The van der Waals surface area contributed by atoms with E-state index in [-0.39, 0.29) is 11.8 Å². The van der Waals surface area contributed by atoms with Crippen LogP contribution < -0.4 is 0 Å². The number of amides is 1. The third kappa shape index (κ3) is 3.38. The molecule has 1 saturated heterocycles. The Morgan fingerprint density at radius 2 is 2.00 bits per heavy atom. The van der Waals surface area contributed by atoms with Crippen molar-refractivity contribution in [2.24, 2.45) is 5.92 Å². The molecule has 1 fully saturated rings. The Kier molecular flexibility index (Phi) is 4.77. The lowest BCUT2D eigenvalue weighted by Gasteiger charge is -2.34. The number of carboxylic acid groups (broad SMARTS) is 1. The molecule has 0 spiro atoms. The van der Waals surface area contributed by atoms with E-state index in [0.29, 0.717) is 19.4 Å². The first-order valence-electron chi connectivity index (χ1n) is 7.17. The summed E-state index contributed by atoms with van der Waals surface area (Å²) in [5.41, 5.74) is 1.11. The average molecular weight is 275 g/mol. The molecule has 1 heterocycles. The summed E-state index contributed by atoms with van der Waals surface area (Å²) in [4.78, 5) is 25.3. The number of benzene rings is 1. The predicted octanol–water partition coefficient (Wildman–Crippen LogP) is 2.33. The maximum absolute atomic E-state index is 12.5. The lowest BCUT2D eigenvalue weighted by atomic mass is 9.96. The van der Waals surface area contributed by atoms with Crippen molar-refractivity contribution in [1.82, 2.24) is 4.90 Å². The molecule has 1 N–H and O–H groups in total. The van der Waals surface area contributed by atoms with Gasteiger partial charge in [-0.1, -0.05) is 37.3 Å². The van der Waals surface area contributed by atoms with Crippen molar-refractivity contribution < 1.29 is 14.7 Å². The summed E-state index contributed by atoms with van der Waals surface area (Å²) in [6, 6.07) is 9.19. The van der Waals surface area contributed by atoms with Crippen molar-refractivity contribution in [1.29, 1.82) is 0 Å². The zero-order chi connectivity index (χ0) is 14.5. The fourth-order valence-corrected chi connectivity index (χ4v) is 2.79. The van der Waals surface area contributed by atoms with Crippen LogP contribution in [-0.4, -0.2) is 34.5 Å². The third-order valence-corrected chi connectivity index (χ3v) is 3.88. The van der Waals surface area contributed by atoms with Crippen LogP contribution in [-0.2, 0) is 16.0 Å². The van der Waals surface area contributed by atoms with E-state index >= 15 is 0 Å². The Labute approximate surface area is 119 Å². The fourth-order valence-electron chi connectivity index (χ4n) is 2.79. The number of aliphatic carboxylic acids is 1. The van der Waals surface area contributed by atoms with Gasteiger partial charge in [-0.25, -0.2) is 4.79 Å². The van der Waals surface area contributed by atoms with Gasteiger partial charge in [0, 0.05) is 12.5 Å². The summed E-state index contributed by atoms with van der Waals surface area (Å²) in [6.45, 7) is 2.44. The second kappa shape index (κ2) is 6.55. The number of carbonyl (C=O) groups excluding carboxylic acids is 1. The van der Waals surface area contributed by atoms with E-state index in [9.17, 15) is 14.7 Å². The van der Waals surface area contributed by atoms with Crippen LogP contribution in [0.5, 0.6) is 0 Å². The van der Waals surface area contributed by atoms with Crippen molar-refractivity contribution in [3.05, 3.63) is 35.9 Å². The van der Waals surface area contributed by atoms with Gasteiger partial charge in [0.05, 0.1) is 0 Å². The Morgan fingerprint density at radius 1 is 1.30 bits per heavy atom. The van der Waals surface area contributed by atoms with Crippen LogP contribution in [0.1, 0.15) is 31.7 Å². The highest BCUT2D eigenvalue weighted by Gasteiger charge is 2.33. The van der Waals surface area contributed by atoms with E-state index in [1.165, 1.54) is 0 Å². The number of carbonyl (C=O) groups is 2. The summed E-state index contributed by atoms with van der Waals surface area (Å²) in [5, 5.41) is 9.24. The van der Waals surface area contributed by atoms with E-state index in [4.69, 9.17) is 0 Å². The lowest BCUT2D eigenvalue weighted by molar-refractivity contribution is -0.153. The lowest BCUT2D eigenvalue weighted by Crippen LogP contribution is -2.50. The number of piperidine rings is 1. The van der Waals surface area contributed by atoms with Crippen molar-refractivity contribution in [3.8, 4) is 0 Å². The normalized spacial score (nSPS) is 20.4. The number of rotatable bonds is 4. The van der Waals surface area contributed by atoms with Gasteiger partial charge in [-0.15, -0.1) is 0 Å². The molecule has 4 nitrogen and oxygen atoms in total. The highest BCUT2D eigenvalue weighted by atomic mass is 16.4. The third-order valence-electron chi connectivity index (χ3n) is 3.88. The van der Waals surface area contributed by atoms with Crippen LogP contribution in [0.2, 0.25) is 0 Å². The van der Waals surface area contributed by atoms with Gasteiger partial charge in [-0.2, -0.15) is 0 Å². The molecule has 0 aromatic heterocycles. The molecule has 0 bridgehead atoms. The molecule has 2 atom stereocenters. The molecule has 1 aromatic rings. The van der Waals surface area contributed by atoms with Crippen LogP contribution in [0.3, 0.4) is 0 Å². The minimum atomic E-state index is -0.884. The number of hydrogen-bond donors (Lipinski definition) is 1. The van der Waals surface area contributed by atoms with Crippen molar-refractivity contribution >= 4 is 11.9 Å². The van der Waals surface area contributed by atoms with Gasteiger partial charge in [0.15, 0.2) is 0 Å². The van der Waals surface area contributed by atoms with Crippen molar-refractivity contribution in [3.63, 3.8) is 0 Å². The monoisotopic (exact) mass is 275 g/mol. The highest BCUT2D eigenvalue weighted by molar-refractivity contribution is 5.85. The van der Waals surface area contributed by atoms with E-state index in [2.05, 4.69) is 0 Å². The fraction of sp³-hybridized carbons (Fsp3) is 0.500. The van der Waals surface area contributed by atoms with Crippen LogP contribution in [0.15, 0.2) is 30.3 Å². The topological polar surface area (TPSA) is 57.6 Å². The van der Waals surface area contributed by atoms with Gasteiger partial charge in [-0.3, -0.25) is 4.79 Å². The Hall–Kier alpha value is -1.84. The minimum Gasteiger partial charge on any atom is -0.480 e. The van der Waals surface area contributed by atoms with E-state index in [0.717, 1.165) is 18.4 Å². The van der Waals surface area contributed by atoms with Crippen molar-refractivity contribution in [2.75, 3.05) is 6.54 Å². The second-order valence-electron chi connectivity index (χ2n) is 5.47. The summed E-state index contributed by atoms with van der Waals surface area (Å²) >= 11 is 0. The molecule has 0 saturated carbocycles. The molecule has 2 rings (SSSR count). The SMILES string of the molecule is C[C@@H](Cc1ccccc1)C(=O)N1CCCC[C@@H]1C(=O)O. The molecule has 0 unspecified atom stereocenters. The van der Waals surface area contributed by atoms with Gasteiger partial charge in [0.2, 0.25) is 5.91 Å². The summed E-state index contributed by atoms with van der Waals surface area (Å²) in [7, 11) is 0. The predicted molar refractivity (Wildman–Crippen MR) is 76.3 cm³/mol. The molecule has 1 aliphatic rings. The first kappa shape index (κ1) is 14.6. The Balaban J connectivity index is 2.03. The minimum absolute atomic E-state index is 0.0408. The Bertz CT molecular complexity index is 472. The first-order valence-corrected chi connectivity index (χ1v) is 7.17. The number of carboxylic acids is 1.